The van der Waals surface area contributed by atoms with Gasteiger partial charge >= 0.3 is 0 Å². The van der Waals surface area contributed by atoms with Crippen LogP contribution in [0.15, 0.2) is 16.3 Å². The Bertz CT molecular complexity index is 509. The summed E-state index contributed by atoms with van der Waals surface area (Å²) in [5.41, 5.74) is 0. The highest BCUT2D eigenvalue weighted by Crippen LogP contribution is 2.24. The topological polar surface area (TPSA) is 49.4 Å². The first-order valence-electron chi connectivity index (χ1n) is 7.07. The second-order valence-electron chi connectivity index (χ2n) is 5.44. The van der Waals surface area contributed by atoms with E-state index in [2.05, 4.69) is 26.1 Å². The van der Waals surface area contributed by atoms with Crippen LogP contribution in [-0.4, -0.2) is 31.9 Å². The van der Waals surface area contributed by atoms with Crippen LogP contribution in [0.2, 0.25) is 0 Å². The fourth-order valence-electron chi connectivity index (χ4n) is 1.90. The summed E-state index contributed by atoms with van der Waals surface area (Å²) in [5, 5.41) is 5.04. The number of hydrogen-bond donors (Lipinski definition) is 1. The first-order valence-corrected chi connectivity index (χ1v) is 9.39. The molecule has 1 unspecified atom stereocenters. The summed E-state index contributed by atoms with van der Waals surface area (Å²) in [6, 6.07) is 2.21. The van der Waals surface area contributed by atoms with Crippen LogP contribution < -0.4 is 5.32 Å². The quantitative estimate of drug-likeness (QED) is 0.801. The molecule has 6 heteroatoms. The molecule has 1 N–H and O–H groups in total. The lowest BCUT2D eigenvalue weighted by Crippen LogP contribution is -2.34. The van der Waals surface area contributed by atoms with Gasteiger partial charge in [0, 0.05) is 35.9 Å². The minimum atomic E-state index is -3.36. The molecule has 0 spiro atoms. The molecular formula is C14H26N2O2S2. The third kappa shape index (κ3) is 4.55. The highest BCUT2D eigenvalue weighted by Gasteiger charge is 2.25. The Kier molecular flexibility index (Phi) is 6.64. The van der Waals surface area contributed by atoms with E-state index in [1.165, 1.54) is 15.6 Å². The van der Waals surface area contributed by atoms with E-state index in [9.17, 15) is 8.42 Å². The molecule has 0 aliphatic heterocycles. The summed E-state index contributed by atoms with van der Waals surface area (Å²) in [6.07, 6.45) is 1.86. The summed E-state index contributed by atoms with van der Waals surface area (Å²) < 4.78 is 26.5. The van der Waals surface area contributed by atoms with Gasteiger partial charge in [0.2, 0.25) is 10.0 Å². The Morgan fingerprint density at radius 3 is 2.55 bits per heavy atom. The molecule has 0 fully saturated rings. The average molecular weight is 319 g/mol. The van der Waals surface area contributed by atoms with Gasteiger partial charge < -0.3 is 5.32 Å². The molecule has 1 atom stereocenters. The van der Waals surface area contributed by atoms with Crippen LogP contribution in [0, 0.1) is 0 Å². The lowest BCUT2D eigenvalue weighted by Gasteiger charge is -2.23. The van der Waals surface area contributed by atoms with Crippen LogP contribution in [0.1, 0.15) is 45.4 Å². The van der Waals surface area contributed by atoms with Gasteiger partial charge in [-0.2, -0.15) is 4.31 Å². The van der Waals surface area contributed by atoms with E-state index >= 15 is 0 Å². The van der Waals surface area contributed by atoms with Gasteiger partial charge in [-0.3, -0.25) is 0 Å². The average Bonchev–Trinajstić information content (AvgIpc) is 2.85. The fourth-order valence-corrected chi connectivity index (χ4v) is 4.50. The van der Waals surface area contributed by atoms with Crippen LogP contribution >= 0.6 is 11.3 Å². The van der Waals surface area contributed by atoms with E-state index in [1.54, 1.807) is 18.5 Å². The van der Waals surface area contributed by atoms with Crippen molar-refractivity contribution in [2.75, 3.05) is 7.05 Å². The first kappa shape index (κ1) is 17.6. The van der Waals surface area contributed by atoms with Crippen molar-refractivity contribution < 1.29 is 8.42 Å². The molecule has 1 aromatic rings. The highest BCUT2D eigenvalue weighted by molar-refractivity contribution is 7.89. The predicted octanol–water partition coefficient (Wildman–Crippen LogP) is 3.06. The zero-order valence-corrected chi connectivity index (χ0v) is 14.6. The summed E-state index contributed by atoms with van der Waals surface area (Å²) >= 11 is 1.49. The third-order valence-electron chi connectivity index (χ3n) is 3.32. The van der Waals surface area contributed by atoms with Crippen molar-refractivity contribution in [3.8, 4) is 0 Å². The predicted molar refractivity (Wildman–Crippen MR) is 85.6 cm³/mol. The molecule has 0 amide bonds. The maximum Gasteiger partial charge on any atom is 0.243 e. The summed E-state index contributed by atoms with van der Waals surface area (Å²) in [4.78, 5) is 1.46. The SMILES string of the molecule is CCCC(C)N(C)S(=O)(=O)c1csc(CNC(C)C)c1. The van der Waals surface area contributed by atoms with Crippen LogP contribution in [0.3, 0.4) is 0 Å². The van der Waals surface area contributed by atoms with Crippen molar-refractivity contribution in [1.82, 2.24) is 9.62 Å². The second kappa shape index (κ2) is 7.54. The zero-order valence-electron chi connectivity index (χ0n) is 13.0. The molecule has 0 radical (unpaired) electrons. The molecule has 0 saturated carbocycles. The lowest BCUT2D eigenvalue weighted by atomic mass is 10.2. The molecule has 0 aliphatic rings. The molecule has 4 nitrogen and oxygen atoms in total. The monoisotopic (exact) mass is 318 g/mol. The molecule has 0 saturated heterocycles. The Hall–Kier alpha value is -0.430. The van der Waals surface area contributed by atoms with Gasteiger partial charge in [0.05, 0.1) is 4.90 Å². The molecule has 116 valence electrons. The molecule has 0 aromatic carbocycles. The van der Waals surface area contributed by atoms with E-state index in [1.807, 2.05) is 6.92 Å². The number of sulfonamides is 1. The normalized spacial score (nSPS) is 14.2. The molecule has 1 rings (SSSR count). The number of nitrogens with zero attached hydrogens (tertiary/aromatic N) is 1. The van der Waals surface area contributed by atoms with Gasteiger partial charge in [-0.05, 0) is 19.4 Å². The molecule has 20 heavy (non-hydrogen) atoms. The molecule has 0 aliphatic carbocycles. The maximum atomic E-state index is 12.5. The third-order valence-corrected chi connectivity index (χ3v) is 6.35. The van der Waals surface area contributed by atoms with Crippen molar-refractivity contribution >= 4 is 21.4 Å². The Morgan fingerprint density at radius 2 is 2.00 bits per heavy atom. The fraction of sp³-hybridized carbons (Fsp3) is 0.714. The summed E-state index contributed by atoms with van der Waals surface area (Å²) in [7, 11) is -1.70. The summed E-state index contributed by atoms with van der Waals surface area (Å²) in [6.45, 7) is 8.88. The van der Waals surface area contributed by atoms with Gasteiger partial charge in [0.15, 0.2) is 0 Å². The molecule has 0 bridgehead atoms. The molecular weight excluding hydrogens is 292 g/mol. The molecule has 1 heterocycles. The van der Waals surface area contributed by atoms with Crippen LogP contribution in [0.4, 0.5) is 0 Å². The Morgan fingerprint density at radius 1 is 1.35 bits per heavy atom. The van der Waals surface area contributed by atoms with Crippen molar-refractivity contribution in [2.45, 2.75) is 64.1 Å². The lowest BCUT2D eigenvalue weighted by molar-refractivity contribution is 0.369. The van der Waals surface area contributed by atoms with Gasteiger partial charge in [-0.1, -0.05) is 27.2 Å². The van der Waals surface area contributed by atoms with Gasteiger partial charge in [0.25, 0.3) is 0 Å². The number of nitrogens with one attached hydrogen (secondary N) is 1. The van der Waals surface area contributed by atoms with Crippen molar-refractivity contribution in [3.63, 3.8) is 0 Å². The van der Waals surface area contributed by atoms with Crippen molar-refractivity contribution in [1.29, 1.82) is 0 Å². The zero-order chi connectivity index (χ0) is 15.3. The maximum absolute atomic E-state index is 12.5. The number of rotatable bonds is 8. The minimum Gasteiger partial charge on any atom is -0.310 e. The highest BCUT2D eigenvalue weighted by atomic mass is 32.2. The van der Waals surface area contributed by atoms with Crippen molar-refractivity contribution in [3.05, 3.63) is 16.3 Å². The van der Waals surface area contributed by atoms with Gasteiger partial charge in [-0.25, -0.2) is 8.42 Å². The van der Waals surface area contributed by atoms with Crippen LogP contribution in [0.25, 0.3) is 0 Å². The van der Waals surface area contributed by atoms with E-state index in [4.69, 9.17) is 0 Å². The summed E-state index contributed by atoms with van der Waals surface area (Å²) in [5.74, 6) is 0. The Labute approximate surface area is 127 Å². The largest absolute Gasteiger partial charge is 0.310 e. The van der Waals surface area contributed by atoms with E-state index in [0.29, 0.717) is 17.5 Å². The number of thiophene rings is 1. The van der Waals surface area contributed by atoms with E-state index in [-0.39, 0.29) is 6.04 Å². The van der Waals surface area contributed by atoms with Crippen molar-refractivity contribution in [2.24, 2.45) is 0 Å². The van der Waals surface area contributed by atoms with Crippen LogP contribution in [-0.2, 0) is 16.6 Å². The first-order chi connectivity index (χ1) is 9.28. The van der Waals surface area contributed by atoms with E-state index < -0.39 is 10.0 Å². The second-order valence-corrected chi connectivity index (χ2v) is 8.44. The van der Waals surface area contributed by atoms with Gasteiger partial charge in [0.1, 0.15) is 0 Å². The van der Waals surface area contributed by atoms with Crippen LogP contribution in [0.5, 0.6) is 0 Å². The molecule has 1 aromatic heterocycles. The number of hydrogen-bond acceptors (Lipinski definition) is 4. The minimum absolute atomic E-state index is 0.0298. The van der Waals surface area contributed by atoms with Gasteiger partial charge in [-0.15, -0.1) is 11.3 Å². The smallest absolute Gasteiger partial charge is 0.243 e. The Balaban J connectivity index is 2.82. The standard InChI is InChI=1S/C14H26N2O2S2/c1-6-7-12(4)16(5)20(17,18)14-8-13(19-10-14)9-15-11(2)3/h8,10-12,15H,6-7,9H2,1-5H3. The van der Waals surface area contributed by atoms with E-state index in [0.717, 1.165) is 17.7 Å².